The predicted molar refractivity (Wildman–Crippen MR) is 42.0 cm³/mol. The first-order chi connectivity index (χ1) is 4.83. The number of rotatable bonds is 2. The van der Waals surface area contributed by atoms with Crippen LogP contribution in [0.2, 0.25) is 0 Å². The molecule has 1 saturated heterocycles. The second-order valence-electron chi connectivity index (χ2n) is 2.50. The van der Waals surface area contributed by atoms with Crippen molar-refractivity contribution in [1.82, 2.24) is 0 Å². The van der Waals surface area contributed by atoms with E-state index in [9.17, 15) is 0 Å². The van der Waals surface area contributed by atoms with Crippen molar-refractivity contribution in [1.29, 1.82) is 0 Å². The molecule has 1 fully saturated rings. The molecule has 0 atom stereocenters. The first-order valence-corrected chi connectivity index (χ1v) is 4.01. The molecular formula is C8H18O2. The van der Waals surface area contributed by atoms with E-state index in [0.717, 1.165) is 19.6 Å². The number of aliphatic hydroxyl groups excluding tert-OH is 1. The van der Waals surface area contributed by atoms with Crippen molar-refractivity contribution in [2.45, 2.75) is 27.2 Å². The van der Waals surface area contributed by atoms with Gasteiger partial charge in [0.2, 0.25) is 0 Å². The summed E-state index contributed by atoms with van der Waals surface area (Å²) in [5, 5.41) is 8.76. The Balaban J connectivity index is 0.000000371. The third-order valence-corrected chi connectivity index (χ3v) is 1.90. The van der Waals surface area contributed by atoms with E-state index in [0.29, 0.717) is 0 Å². The van der Waals surface area contributed by atoms with Gasteiger partial charge in [-0.05, 0) is 6.42 Å². The molecule has 0 saturated carbocycles. The Morgan fingerprint density at radius 3 is 1.90 bits per heavy atom. The van der Waals surface area contributed by atoms with Crippen LogP contribution >= 0.6 is 0 Å². The predicted octanol–water partition coefficient (Wildman–Crippen LogP) is 1.43. The van der Waals surface area contributed by atoms with Gasteiger partial charge in [-0.25, -0.2) is 0 Å². The van der Waals surface area contributed by atoms with E-state index < -0.39 is 0 Å². The second-order valence-corrected chi connectivity index (χ2v) is 2.50. The van der Waals surface area contributed by atoms with Gasteiger partial charge in [-0.15, -0.1) is 0 Å². The van der Waals surface area contributed by atoms with E-state index in [2.05, 4.69) is 6.92 Å². The SMILES string of the molecule is CC.CCC1(CO)COC1. The maximum Gasteiger partial charge on any atom is 0.0566 e. The Labute approximate surface area is 63.2 Å². The fourth-order valence-corrected chi connectivity index (χ4v) is 0.798. The summed E-state index contributed by atoms with van der Waals surface area (Å²) < 4.78 is 4.96. The molecule has 0 aromatic heterocycles. The van der Waals surface area contributed by atoms with Crippen molar-refractivity contribution in [3.63, 3.8) is 0 Å². The Morgan fingerprint density at radius 2 is 1.90 bits per heavy atom. The lowest BCUT2D eigenvalue weighted by molar-refractivity contribution is -0.138. The molecule has 2 nitrogen and oxygen atoms in total. The van der Waals surface area contributed by atoms with Crippen LogP contribution in [0, 0.1) is 5.41 Å². The number of hydrogen-bond acceptors (Lipinski definition) is 2. The summed E-state index contributed by atoms with van der Waals surface area (Å²) in [5.41, 5.74) is 0.139. The molecule has 0 aromatic carbocycles. The number of hydrogen-bond donors (Lipinski definition) is 1. The molecule has 0 amide bonds. The van der Waals surface area contributed by atoms with E-state index in [1.165, 1.54) is 0 Å². The molecule has 0 aliphatic carbocycles. The lowest BCUT2D eigenvalue weighted by atomic mass is 9.84. The minimum absolute atomic E-state index is 0.139. The molecule has 62 valence electrons. The van der Waals surface area contributed by atoms with E-state index in [-0.39, 0.29) is 12.0 Å². The lowest BCUT2D eigenvalue weighted by Crippen LogP contribution is -2.44. The molecule has 0 spiro atoms. The highest BCUT2D eigenvalue weighted by molar-refractivity contribution is 4.82. The monoisotopic (exact) mass is 146 g/mol. The fourth-order valence-electron chi connectivity index (χ4n) is 0.798. The van der Waals surface area contributed by atoms with Crippen LogP contribution in [-0.2, 0) is 4.74 Å². The van der Waals surface area contributed by atoms with Gasteiger partial charge in [-0.2, -0.15) is 0 Å². The minimum Gasteiger partial charge on any atom is -0.396 e. The Morgan fingerprint density at radius 1 is 1.40 bits per heavy atom. The van der Waals surface area contributed by atoms with Crippen LogP contribution in [0.5, 0.6) is 0 Å². The van der Waals surface area contributed by atoms with Crippen molar-refractivity contribution in [3.05, 3.63) is 0 Å². The van der Waals surface area contributed by atoms with Crippen LogP contribution in [0.1, 0.15) is 27.2 Å². The van der Waals surface area contributed by atoms with Gasteiger partial charge in [0, 0.05) is 5.41 Å². The molecule has 1 rings (SSSR count). The molecule has 1 N–H and O–H groups in total. The highest BCUT2D eigenvalue weighted by Gasteiger charge is 2.35. The van der Waals surface area contributed by atoms with Crippen LogP contribution in [-0.4, -0.2) is 24.9 Å². The van der Waals surface area contributed by atoms with Gasteiger partial charge in [0.1, 0.15) is 0 Å². The molecule has 2 heteroatoms. The zero-order valence-electron chi connectivity index (χ0n) is 7.18. The first-order valence-electron chi connectivity index (χ1n) is 4.01. The molecule has 0 aromatic rings. The van der Waals surface area contributed by atoms with Crippen molar-refractivity contribution in [2.24, 2.45) is 5.41 Å². The highest BCUT2D eigenvalue weighted by Crippen LogP contribution is 2.29. The van der Waals surface area contributed by atoms with Crippen LogP contribution in [0.4, 0.5) is 0 Å². The van der Waals surface area contributed by atoms with Gasteiger partial charge in [-0.3, -0.25) is 0 Å². The molecular weight excluding hydrogens is 128 g/mol. The Kier molecular flexibility index (Phi) is 4.65. The summed E-state index contributed by atoms with van der Waals surface area (Å²) in [4.78, 5) is 0. The maximum atomic E-state index is 8.76. The lowest BCUT2D eigenvalue weighted by Gasteiger charge is -2.38. The van der Waals surface area contributed by atoms with Crippen LogP contribution < -0.4 is 0 Å². The Hall–Kier alpha value is -0.0800. The third-order valence-electron chi connectivity index (χ3n) is 1.90. The highest BCUT2D eigenvalue weighted by atomic mass is 16.5. The zero-order chi connectivity index (χ0) is 8.04. The van der Waals surface area contributed by atoms with Crippen LogP contribution in [0.3, 0.4) is 0 Å². The summed E-state index contributed by atoms with van der Waals surface area (Å²) in [7, 11) is 0. The second kappa shape index (κ2) is 4.69. The molecule has 0 radical (unpaired) electrons. The fraction of sp³-hybridized carbons (Fsp3) is 1.00. The average Bonchev–Trinajstić information content (AvgIpc) is 1.93. The molecule has 10 heavy (non-hydrogen) atoms. The summed E-state index contributed by atoms with van der Waals surface area (Å²) >= 11 is 0. The summed E-state index contributed by atoms with van der Waals surface area (Å²) in [6.45, 7) is 7.86. The van der Waals surface area contributed by atoms with Gasteiger partial charge < -0.3 is 9.84 Å². The summed E-state index contributed by atoms with van der Waals surface area (Å²) in [6.07, 6.45) is 1.03. The first kappa shape index (κ1) is 9.92. The van der Waals surface area contributed by atoms with Crippen molar-refractivity contribution >= 4 is 0 Å². The normalized spacial score (nSPS) is 20.4. The van der Waals surface area contributed by atoms with Gasteiger partial charge in [-0.1, -0.05) is 20.8 Å². The van der Waals surface area contributed by atoms with Crippen molar-refractivity contribution in [3.8, 4) is 0 Å². The van der Waals surface area contributed by atoms with E-state index >= 15 is 0 Å². The van der Waals surface area contributed by atoms with E-state index in [4.69, 9.17) is 9.84 Å². The third kappa shape index (κ3) is 1.96. The number of aliphatic hydroxyl groups is 1. The smallest absolute Gasteiger partial charge is 0.0566 e. The van der Waals surface area contributed by atoms with E-state index in [1.807, 2.05) is 13.8 Å². The average molecular weight is 146 g/mol. The quantitative estimate of drug-likeness (QED) is 0.638. The van der Waals surface area contributed by atoms with E-state index in [1.54, 1.807) is 0 Å². The molecule has 0 bridgehead atoms. The minimum atomic E-state index is 0.139. The van der Waals surface area contributed by atoms with Gasteiger partial charge >= 0.3 is 0 Å². The molecule has 1 aliphatic rings. The zero-order valence-corrected chi connectivity index (χ0v) is 7.18. The van der Waals surface area contributed by atoms with Gasteiger partial charge in [0.25, 0.3) is 0 Å². The molecule has 1 heterocycles. The molecule has 0 unspecified atom stereocenters. The maximum absolute atomic E-state index is 8.76. The van der Waals surface area contributed by atoms with Crippen molar-refractivity contribution < 1.29 is 9.84 Å². The van der Waals surface area contributed by atoms with Crippen LogP contribution in [0.25, 0.3) is 0 Å². The number of ether oxygens (including phenoxy) is 1. The molecule has 1 aliphatic heterocycles. The standard InChI is InChI=1S/C6H12O2.C2H6/c1-2-6(3-7)4-8-5-6;1-2/h7H,2-5H2,1H3;1-2H3. The summed E-state index contributed by atoms with van der Waals surface area (Å²) in [5.74, 6) is 0. The largest absolute Gasteiger partial charge is 0.396 e. The Bertz CT molecular complexity index is 63.8. The van der Waals surface area contributed by atoms with Crippen LogP contribution in [0.15, 0.2) is 0 Å². The summed E-state index contributed by atoms with van der Waals surface area (Å²) in [6, 6.07) is 0. The van der Waals surface area contributed by atoms with Crippen molar-refractivity contribution in [2.75, 3.05) is 19.8 Å². The topological polar surface area (TPSA) is 29.5 Å². The van der Waals surface area contributed by atoms with Gasteiger partial charge in [0.15, 0.2) is 0 Å². The van der Waals surface area contributed by atoms with Gasteiger partial charge in [0.05, 0.1) is 19.8 Å².